The lowest BCUT2D eigenvalue weighted by Gasteiger charge is -2.39. The van der Waals surface area contributed by atoms with E-state index in [0.717, 1.165) is 47.5 Å². The van der Waals surface area contributed by atoms with Gasteiger partial charge < -0.3 is 44.1 Å². The van der Waals surface area contributed by atoms with E-state index in [2.05, 4.69) is 44.0 Å². The Morgan fingerprint density at radius 3 is 1.94 bits per heavy atom. The van der Waals surface area contributed by atoms with Gasteiger partial charge in [0.15, 0.2) is 6.29 Å². The van der Waals surface area contributed by atoms with E-state index in [-0.39, 0.29) is 26.4 Å². The van der Waals surface area contributed by atoms with Crippen molar-refractivity contribution in [3.05, 3.63) is 104 Å². The van der Waals surface area contributed by atoms with Gasteiger partial charge in [0.25, 0.3) is 0 Å². The fraction of sp³-hybridized carbons (Fsp3) is 0.475. The van der Waals surface area contributed by atoms with Crippen LogP contribution in [0.1, 0.15) is 31.7 Å². The Bertz CT molecular complexity index is 1360. The normalized spacial score (nSPS) is 28.1. The van der Waals surface area contributed by atoms with Gasteiger partial charge in [0.1, 0.15) is 44.2 Å². The highest BCUT2D eigenvalue weighted by Gasteiger charge is 2.45. The summed E-state index contributed by atoms with van der Waals surface area (Å²) in [7, 11) is 0. The average Bonchev–Trinajstić information content (AvgIpc) is 3.94. The summed E-state index contributed by atoms with van der Waals surface area (Å²) in [5.74, 6) is 1.98. The molecular formula is C40H52O12. The Morgan fingerprint density at radius 2 is 1.42 bits per heavy atom. The summed E-state index contributed by atoms with van der Waals surface area (Å²) < 4.78 is 25.5. The third-order valence-electron chi connectivity index (χ3n) is 9.58. The minimum Gasteiger partial charge on any atom is -0.462 e. The smallest absolute Gasteiger partial charge is 0.330 e. The second-order valence-electron chi connectivity index (χ2n) is 13.0. The van der Waals surface area contributed by atoms with Gasteiger partial charge in [-0.1, -0.05) is 93.4 Å². The lowest BCUT2D eigenvalue weighted by Crippen LogP contribution is -2.59. The van der Waals surface area contributed by atoms with Crippen LogP contribution in [0.3, 0.4) is 0 Å². The standard InChI is InChI=1S/2C15H20O6.C10H12/c16-9-11-12(17)13(18)14(19)15(21-11)20-8-4-7-10-5-2-1-3-6-10;1-5-12(16)19-9-15(8-4,10-20-13(17)6-2)11-21-14(18)7-3;1-2-9-7-4-5-8(6-7)10(9)3-1/h1-7,11-19H,8-9H2;5-7H,1-3,8-11H2,4H3;1-2,4-5,7-10H,3,6H2/b7-4+;;/t11-,12-,13+,14-,15-;;7-,8+,9?,10?/m1.0/s1. The van der Waals surface area contributed by atoms with Crippen LogP contribution < -0.4 is 0 Å². The number of carbonyl (C=O) groups is 3. The maximum atomic E-state index is 11.2. The molecule has 1 aromatic carbocycles. The molecule has 1 aliphatic heterocycles. The summed E-state index contributed by atoms with van der Waals surface area (Å²) >= 11 is 0. The fourth-order valence-electron chi connectivity index (χ4n) is 6.36. The Labute approximate surface area is 305 Å². The molecule has 52 heavy (non-hydrogen) atoms. The van der Waals surface area contributed by atoms with Crippen molar-refractivity contribution in [2.75, 3.05) is 33.0 Å². The first-order valence-corrected chi connectivity index (χ1v) is 17.4. The van der Waals surface area contributed by atoms with Gasteiger partial charge in [-0.3, -0.25) is 0 Å². The number of hydrogen-bond acceptors (Lipinski definition) is 12. The van der Waals surface area contributed by atoms with Crippen LogP contribution in [0.4, 0.5) is 0 Å². The third kappa shape index (κ3) is 12.2. The lowest BCUT2D eigenvalue weighted by molar-refractivity contribution is -0.298. The summed E-state index contributed by atoms with van der Waals surface area (Å²) in [5.41, 5.74) is 0.172. The summed E-state index contributed by atoms with van der Waals surface area (Å²) in [6.45, 7) is 11.1. The van der Waals surface area contributed by atoms with Crippen LogP contribution in [0.2, 0.25) is 0 Å². The van der Waals surface area contributed by atoms with Crippen molar-refractivity contribution in [1.82, 2.24) is 0 Å². The van der Waals surface area contributed by atoms with Gasteiger partial charge in [-0.2, -0.15) is 0 Å². The molecule has 2 fully saturated rings. The van der Waals surface area contributed by atoms with Crippen molar-refractivity contribution in [2.24, 2.45) is 29.1 Å². The number of aliphatic hydroxyl groups is 4. The van der Waals surface area contributed by atoms with Crippen molar-refractivity contribution >= 4 is 24.0 Å². The molecule has 0 aromatic heterocycles. The highest BCUT2D eigenvalue weighted by Crippen LogP contribution is 2.52. The maximum absolute atomic E-state index is 11.2. The van der Waals surface area contributed by atoms with E-state index in [4.69, 9.17) is 28.8 Å². The molecule has 5 rings (SSSR count). The number of carbonyl (C=O) groups excluding carboxylic acids is 3. The van der Waals surface area contributed by atoms with Gasteiger partial charge in [-0.15, -0.1) is 0 Å². The summed E-state index contributed by atoms with van der Waals surface area (Å²) in [6.07, 6.45) is 13.4. The Hall–Kier alpha value is -4.17. The largest absolute Gasteiger partial charge is 0.462 e. The number of fused-ring (bicyclic) bond motifs is 5. The van der Waals surface area contributed by atoms with Gasteiger partial charge in [0, 0.05) is 18.2 Å². The monoisotopic (exact) mass is 724 g/mol. The van der Waals surface area contributed by atoms with Crippen molar-refractivity contribution in [3.63, 3.8) is 0 Å². The van der Waals surface area contributed by atoms with Crippen LogP contribution in [-0.4, -0.2) is 102 Å². The van der Waals surface area contributed by atoms with Gasteiger partial charge in [-0.05, 0) is 48.5 Å². The zero-order valence-electron chi connectivity index (χ0n) is 29.6. The van der Waals surface area contributed by atoms with Gasteiger partial charge >= 0.3 is 17.9 Å². The molecule has 1 saturated carbocycles. The van der Waals surface area contributed by atoms with Crippen molar-refractivity contribution in [3.8, 4) is 0 Å². The molecule has 2 unspecified atom stereocenters. The van der Waals surface area contributed by atoms with Gasteiger partial charge in [-0.25, -0.2) is 14.4 Å². The molecule has 1 aromatic rings. The van der Waals surface area contributed by atoms with E-state index in [0.29, 0.717) is 6.42 Å². The second-order valence-corrected chi connectivity index (χ2v) is 13.0. The van der Waals surface area contributed by atoms with E-state index < -0.39 is 60.6 Å². The van der Waals surface area contributed by atoms with Gasteiger partial charge in [0.05, 0.1) is 18.6 Å². The van der Waals surface area contributed by atoms with E-state index in [1.54, 1.807) is 13.0 Å². The molecule has 4 N–H and O–H groups in total. The van der Waals surface area contributed by atoms with E-state index in [1.807, 2.05) is 36.4 Å². The molecule has 2 bridgehead atoms. The van der Waals surface area contributed by atoms with E-state index in [1.165, 1.54) is 12.8 Å². The van der Waals surface area contributed by atoms with Crippen LogP contribution >= 0.6 is 0 Å². The zero-order valence-corrected chi connectivity index (χ0v) is 29.6. The molecule has 4 aliphatic rings. The molecule has 12 heteroatoms. The number of benzene rings is 1. The highest BCUT2D eigenvalue weighted by molar-refractivity contribution is 5.82. The zero-order chi connectivity index (χ0) is 38.1. The molecule has 12 nitrogen and oxygen atoms in total. The molecular weight excluding hydrogens is 672 g/mol. The number of hydrogen-bond donors (Lipinski definition) is 4. The Morgan fingerprint density at radius 1 is 0.846 bits per heavy atom. The van der Waals surface area contributed by atoms with Crippen molar-refractivity contribution in [2.45, 2.75) is 56.9 Å². The molecule has 0 spiro atoms. The molecule has 3 aliphatic carbocycles. The van der Waals surface area contributed by atoms with Crippen LogP contribution in [-0.2, 0) is 38.1 Å². The molecule has 0 radical (unpaired) electrons. The van der Waals surface area contributed by atoms with Crippen molar-refractivity contribution < 1.29 is 58.5 Å². The molecule has 9 atom stereocenters. The van der Waals surface area contributed by atoms with Crippen LogP contribution in [0.5, 0.6) is 0 Å². The minimum atomic E-state index is -1.42. The van der Waals surface area contributed by atoms with E-state index in [9.17, 15) is 29.7 Å². The fourth-order valence-corrected chi connectivity index (χ4v) is 6.36. The second kappa shape index (κ2) is 21.4. The van der Waals surface area contributed by atoms with Crippen LogP contribution in [0, 0.1) is 29.1 Å². The summed E-state index contributed by atoms with van der Waals surface area (Å²) in [4.78, 5) is 33.5. The highest BCUT2D eigenvalue weighted by atomic mass is 16.7. The minimum absolute atomic E-state index is 0.0802. The topological polar surface area (TPSA) is 178 Å². The molecule has 284 valence electrons. The first kappa shape index (κ1) is 42.2. The number of ether oxygens (including phenoxy) is 5. The van der Waals surface area contributed by atoms with E-state index >= 15 is 0 Å². The Balaban J connectivity index is 0.000000221. The summed E-state index contributed by atoms with van der Waals surface area (Å²) in [5, 5.41) is 38.1. The van der Waals surface area contributed by atoms with Gasteiger partial charge in [0.2, 0.25) is 0 Å². The Kier molecular flexibility index (Phi) is 17.4. The van der Waals surface area contributed by atoms with Crippen LogP contribution in [0.25, 0.3) is 6.08 Å². The third-order valence-corrected chi connectivity index (χ3v) is 9.58. The number of aliphatic hydroxyl groups excluding tert-OH is 4. The summed E-state index contributed by atoms with van der Waals surface area (Å²) in [6, 6.07) is 9.62. The first-order valence-electron chi connectivity index (χ1n) is 17.4. The SMILES string of the molecule is C1=CC2C(C1)[C@@H]1C=C[C@H]2C1.C=CC(=O)OCC(CC)(COC(=O)C=C)COC(=O)C=C.OC[C@H]1O[C@@H](OC/C=C/c2ccccc2)[C@H](O)[C@@H](O)[C@@H]1O. The average molecular weight is 725 g/mol. The van der Waals surface area contributed by atoms with Crippen LogP contribution in [0.15, 0.2) is 98.7 Å². The maximum Gasteiger partial charge on any atom is 0.330 e. The number of rotatable bonds is 15. The molecule has 1 saturated heterocycles. The predicted molar refractivity (Wildman–Crippen MR) is 193 cm³/mol. The quantitative estimate of drug-likeness (QED) is 0.0898. The number of esters is 3. The predicted octanol–water partition coefficient (Wildman–Crippen LogP) is 3.47. The van der Waals surface area contributed by atoms with Crippen molar-refractivity contribution in [1.29, 1.82) is 0 Å². The molecule has 0 amide bonds. The molecule has 1 heterocycles. The first-order chi connectivity index (χ1) is 25.0. The lowest BCUT2D eigenvalue weighted by atomic mass is 9.86. The number of allylic oxidation sites excluding steroid dienone is 4.